The normalized spacial score (nSPS) is 6.00. The van der Waals surface area contributed by atoms with Gasteiger partial charge in [0.25, 0.3) is 0 Å². The maximum Gasteiger partial charge on any atom is 0.334 e. The van der Waals surface area contributed by atoms with Crippen molar-refractivity contribution in [3.63, 3.8) is 0 Å². The molecule has 0 saturated carbocycles. The third-order valence-electron chi connectivity index (χ3n) is 0.143. The third kappa shape index (κ3) is 9.03. The van der Waals surface area contributed by atoms with E-state index in [0.29, 0.717) is 0 Å². The average Bonchev–Trinajstić information content (AvgIpc) is 1.36. The minimum atomic E-state index is -2.91. The SMILES string of the molecule is FC(F)=C(F)F.O.O. The Morgan fingerprint density at radius 1 is 0.625 bits per heavy atom. The van der Waals surface area contributed by atoms with E-state index in [1.165, 1.54) is 0 Å². The van der Waals surface area contributed by atoms with Crippen molar-refractivity contribution < 1.29 is 28.5 Å². The summed E-state index contributed by atoms with van der Waals surface area (Å²) in [4.78, 5) is 0. The lowest BCUT2D eigenvalue weighted by molar-refractivity contribution is 0.308. The molecule has 52 valence electrons. The van der Waals surface area contributed by atoms with E-state index in [-0.39, 0.29) is 11.0 Å². The van der Waals surface area contributed by atoms with Crippen LogP contribution in [-0.4, -0.2) is 11.0 Å². The van der Waals surface area contributed by atoms with E-state index in [1.807, 2.05) is 0 Å². The number of hydrogen-bond acceptors (Lipinski definition) is 0. The van der Waals surface area contributed by atoms with Crippen LogP contribution in [0, 0.1) is 0 Å². The lowest BCUT2D eigenvalue weighted by Crippen LogP contribution is -1.56. The predicted molar refractivity (Wildman–Crippen MR) is 18.7 cm³/mol. The molecule has 0 aliphatic heterocycles. The Morgan fingerprint density at radius 2 is 0.750 bits per heavy atom. The van der Waals surface area contributed by atoms with E-state index in [2.05, 4.69) is 0 Å². The molecule has 0 aliphatic rings. The lowest BCUT2D eigenvalue weighted by Gasteiger charge is -1.69. The Kier molecular flexibility index (Phi) is 12.5. The number of hydrogen-bond donors (Lipinski definition) is 0. The molecule has 0 unspecified atom stereocenters. The van der Waals surface area contributed by atoms with E-state index in [1.54, 1.807) is 0 Å². The van der Waals surface area contributed by atoms with Crippen molar-refractivity contribution in [2.75, 3.05) is 0 Å². The van der Waals surface area contributed by atoms with Crippen molar-refractivity contribution in [2.45, 2.75) is 0 Å². The molecule has 0 amide bonds. The van der Waals surface area contributed by atoms with Gasteiger partial charge in [-0.15, -0.1) is 0 Å². The van der Waals surface area contributed by atoms with Crippen molar-refractivity contribution in [1.82, 2.24) is 0 Å². The summed E-state index contributed by atoms with van der Waals surface area (Å²) < 4.78 is 41.1. The van der Waals surface area contributed by atoms with E-state index in [4.69, 9.17) is 0 Å². The zero-order valence-corrected chi connectivity index (χ0v) is 3.51. The molecule has 0 fully saturated rings. The molecule has 8 heavy (non-hydrogen) atoms. The molecule has 0 bridgehead atoms. The second kappa shape index (κ2) is 6.38. The van der Waals surface area contributed by atoms with Crippen LogP contribution in [-0.2, 0) is 0 Å². The first-order valence-electron chi connectivity index (χ1n) is 1.01. The van der Waals surface area contributed by atoms with Gasteiger partial charge in [0.1, 0.15) is 0 Å². The molecule has 0 aromatic carbocycles. The first-order valence-corrected chi connectivity index (χ1v) is 1.01. The highest BCUT2D eigenvalue weighted by Gasteiger charge is 1.98. The third-order valence-corrected chi connectivity index (χ3v) is 0.143. The molecule has 2 nitrogen and oxygen atoms in total. The van der Waals surface area contributed by atoms with E-state index >= 15 is 0 Å². The van der Waals surface area contributed by atoms with Gasteiger partial charge in [-0.05, 0) is 0 Å². The fourth-order valence-corrected chi connectivity index (χ4v) is 0. The fourth-order valence-electron chi connectivity index (χ4n) is 0. The average molecular weight is 136 g/mol. The topological polar surface area (TPSA) is 63.0 Å². The number of rotatable bonds is 0. The molecule has 0 spiro atoms. The highest BCUT2D eigenvalue weighted by atomic mass is 19.3. The van der Waals surface area contributed by atoms with Crippen LogP contribution in [0.15, 0.2) is 12.2 Å². The van der Waals surface area contributed by atoms with Crippen LogP contribution in [0.4, 0.5) is 17.6 Å². The summed E-state index contributed by atoms with van der Waals surface area (Å²) in [7, 11) is 0. The Hall–Kier alpha value is -0.620. The van der Waals surface area contributed by atoms with Crippen LogP contribution >= 0.6 is 0 Å². The summed E-state index contributed by atoms with van der Waals surface area (Å²) in [6.07, 6.45) is -5.81. The molecule has 0 aromatic heterocycles. The first kappa shape index (κ1) is 15.7. The van der Waals surface area contributed by atoms with Crippen LogP contribution in [0.5, 0.6) is 0 Å². The van der Waals surface area contributed by atoms with Gasteiger partial charge in [-0.2, -0.15) is 17.6 Å². The second-order valence-electron chi connectivity index (χ2n) is 0.521. The molecule has 4 N–H and O–H groups in total. The van der Waals surface area contributed by atoms with Crippen LogP contribution in [0.1, 0.15) is 0 Å². The molecule has 0 saturated heterocycles. The first-order chi connectivity index (χ1) is 2.64. The Balaban J connectivity index is -0.000000125. The lowest BCUT2D eigenvalue weighted by atomic mass is 11.1. The van der Waals surface area contributed by atoms with Crippen molar-refractivity contribution >= 4 is 0 Å². The van der Waals surface area contributed by atoms with Gasteiger partial charge in [-0.1, -0.05) is 0 Å². The van der Waals surface area contributed by atoms with Crippen LogP contribution in [0.25, 0.3) is 0 Å². The van der Waals surface area contributed by atoms with Gasteiger partial charge in [-0.25, -0.2) is 0 Å². The zero-order chi connectivity index (χ0) is 5.15. The van der Waals surface area contributed by atoms with Gasteiger partial charge < -0.3 is 11.0 Å². The Bertz CT molecular complexity index is 62.1. The molecule has 0 aliphatic carbocycles. The maximum atomic E-state index is 10.3. The highest BCUT2D eigenvalue weighted by Crippen LogP contribution is 2.08. The Labute approximate surface area is 42.0 Å². The molecule has 0 heterocycles. The van der Waals surface area contributed by atoms with Gasteiger partial charge in [0.2, 0.25) is 0 Å². The van der Waals surface area contributed by atoms with Gasteiger partial charge in [0, 0.05) is 0 Å². The van der Waals surface area contributed by atoms with Crippen LogP contribution in [0.2, 0.25) is 0 Å². The van der Waals surface area contributed by atoms with Gasteiger partial charge in [0.15, 0.2) is 0 Å². The van der Waals surface area contributed by atoms with E-state index in [0.717, 1.165) is 0 Å². The van der Waals surface area contributed by atoms with Crippen molar-refractivity contribution in [3.8, 4) is 0 Å². The molecule has 0 radical (unpaired) electrons. The Morgan fingerprint density at radius 3 is 0.750 bits per heavy atom. The second-order valence-corrected chi connectivity index (χ2v) is 0.521. The summed E-state index contributed by atoms with van der Waals surface area (Å²) in [6.45, 7) is 0. The monoisotopic (exact) mass is 136 g/mol. The standard InChI is InChI=1S/C2F4.2H2O/c3-1(4)2(5)6;;/h;2*1H2. The number of halogens is 4. The minimum absolute atomic E-state index is 0. The van der Waals surface area contributed by atoms with Crippen molar-refractivity contribution in [3.05, 3.63) is 12.2 Å². The fraction of sp³-hybridized carbons (Fsp3) is 0. The quantitative estimate of drug-likeness (QED) is 0.431. The summed E-state index contributed by atoms with van der Waals surface area (Å²) in [6, 6.07) is 0. The zero-order valence-electron chi connectivity index (χ0n) is 3.51. The van der Waals surface area contributed by atoms with Gasteiger partial charge >= 0.3 is 12.2 Å². The van der Waals surface area contributed by atoms with Crippen LogP contribution < -0.4 is 0 Å². The summed E-state index contributed by atoms with van der Waals surface area (Å²) >= 11 is 0. The highest BCUT2D eigenvalue weighted by molar-refractivity contribution is 4.77. The van der Waals surface area contributed by atoms with Gasteiger partial charge in [0.05, 0.1) is 0 Å². The molecule has 0 rings (SSSR count). The molecular formula is C2H4F4O2. The van der Waals surface area contributed by atoms with Gasteiger partial charge in [-0.3, -0.25) is 0 Å². The molecule has 6 heteroatoms. The largest absolute Gasteiger partial charge is 0.412 e. The predicted octanol–water partition coefficient (Wildman–Crippen LogP) is 0.342. The van der Waals surface area contributed by atoms with Crippen molar-refractivity contribution in [1.29, 1.82) is 0 Å². The van der Waals surface area contributed by atoms with E-state index < -0.39 is 12.2 Å². The minimum Gasteiger partial charge on any atom is -0.412 e. The summed E-state index contributed by atoms with van der Waals surface area (Å²) in [5, 5.41) is 0. The van der Waals surface area contributed by atoms with Crippen molar-refractivity contribution in [2.24, 2.45) is 0 Å². The molecule has 0 atom stereocenters. The summed E-state index contributed by atoms with van der Waals surface area (Å²) in [5.41, 5.74) is 0. The van der Waals surface area contributed by atoms with E-state index in [9.17, 15) is 17.6 Å². The summed E-state index contributed by atoms with van der Waals surface area (Å²) in [5.74, 6) is 0. The maximum absolute atomic E-state index is 10.3. The smallest absolute Gasteiger partial charge is 0.334 e. The molecule has 0 aromatic rings. The van der Waals surface area contributed by atoms with Crippen LogP contribution in [0.3, 0.4) is 0 Å². The molecular weight excluding hydrogens is 132 g/mol.